The molecule has 1 aromatic carbocycles. The second-order valence-electron chi connectivity index (χ2n) is 5.14. The molecular weight excluding hydrogens is 214 g/mol. The quantitative estimate of drug-likeness (QED) is 0.796. The Morgan fingerprint density at radius 2 is 1.88 bits per heavy atom. The van der Waals surface area contributed by atoms with Gasteiger partial charge in [0.15, 0.2) is 0 Å². The first-order valence-corrected chi connectivity index (χ1v) is 5.97. The molecule has 0 atom stereocenters. The monoisotopic (exact) mass is 235 g/mol. The van der Waals surface area contributed by atoms with Crippen LogP contribution in [-0.2, 0) is 11.2 Å². The van der Waals surface area contributed by atoms with Gasteiger partial charge in [0, 0.05) is 12.2 Å². The maximum Gasteiger partial charge on any atom is 0.303 e. The fraction of sp³-hybridized carbons (Fsp3) is 0.500. The molecular formula is C14H21NO2. The molecule has 3 nitrogen and oxygen atoms in total. The average Bonchev–Trinajstić information content (AvgIpc) is 2.25. The van der Waals surface area contributed by atoms with E-state index in [9.17, 15) is 4.79 Å². The number of carbonyl (C=O) groups is 1. The molecule has 17 heavy (non-hydrogen) atoms. The largest absolute Gasteiger partial charge is 0.481 e. The summed E-state index contributed by atoms with van der Waals surface area (Å²) in [5, 5.41) is 12.1. The number of carboxylic acid groups (broad SMARTS) is 1. The molecule has 0 saturated carbocycles. The normalized spacial score (nSPS) is 11.2. The zero-order valence-corrected chi connectivity index (χ0v) is 10.8. The molecule has 0 aliphatic rings. The van der Waals surface area contributed by atoms with Crippen LogP contribution in [-0.4, -0.2) is 17.6 Å². The van der Waals surface area contributed by atoms with Gasteiger partial charge in [-0.3, -0.25) is 4.79 Å². The number of rotatable bonds is 6. The summed E-state index contributed by atoms with van der Waals surface area (Å²) in [6, 6.07) is 8.25. The Kier molecular flexibility index (Phi) is 4.55. The fourth-order valence-electron chi connectivity index (χ4n) is 1.67. The molecule has 0 aliphatic heterocycles. The van der Waals surface area contributed by atoms with E-state index < -0.39 is 5.97 Å². The second kappa shape index (κ2) is 5.71. The van der Waals surface area contributed by atoms with Crippen LogP contribution in [0, 0.1) is 5.41 Å². The molecule has 0 radical (unpaired) electrons. The van der Waals surface area contributed by atoms with Crippen molar-refractivity contribution in [2.45, 2.75) is 33.6 Å². The van der Waals surface area contributed by atoms with Gasteiger partial charge in [0.25, 0.3) is 0 Å². The van der Waals surface area contributed by atoms with Gasteiger partial charge in [0.2, 0.25) is 0 Å². The third-order valence-electron chi connectivity index (χ3n) is 2.76. The topological polar surface area (TPSA) is 49.3 Å². The minimum atomic E-state index is -0.752. The maximum atomic E-state index is 10.7. The number of aryl methyl sites for hydroxylation is 1. The van der Waals surface area contributed by atoms with Gasteiger partial charge in [-0.05, 0) is 29.5 Å². The van der Waals surface area contributed by atoms with E-state index in [-0.39, 0.29) is 11.8 Å². The van der Waals surface area contributed by atoms with Crippen LogP contribution in [0.4, 0.5) is 5.69 Å². The van der Waals surface area contributed by atoms with Crippen molar-refractivity contribution in [2.75, 3.05) is 11.9 Å². The van der Waals surface area contributed by atoms with E-state index in [4.69, 9.17) is 5.11 Å². The lowest BCUT2D eigenvalue weighted by atomic mass is 9.89. The highest BCUT2D eigenvalue weighted by Gasteiger charge is 2.21. The first-order valence-electron chi connectivity index (χ1n) is 5.97. The van der Waals surface area contributed by atoms with E-state index >= 15 is 0 Å². The summed E-state index contributed by atoms with van der Waals surface area (Å²) in [5.74, 6) is -0.752. The highest BCUT2D eigenvalue weighted by molar-refractivity contribution is 5.67. The summed E-state index contributed by atoms with van der Waals surface area (Å²) in [7, 11) is 0. The first-order chi connectivity index (χ1) is 7.93. The number of hydrogen-bond acceptors (Lipinski definition) is 2. The van der Waals surface area contributed by atoms with Crippen LogP contribution >= 0.6 is 0 Å². The summed E-state index contributed by atoms with van der Waals surface area (Å²) >= 11 is 0. The molecule has 0 amide bonds. The summed E-state index contributed by atoms with van der Waals surface area (Å²) in [6.45, 7) is 6.69. The third kappa shape index (κ3) is 4.89. The van der Waals surface area contributed by atoms with Crippen LogP contribution in [0.1, 0.15) is 32.8 Å². The molecule has 0 heterocycles. The van der Waals surface area contributed by atoms with E-state index in [2.05, 4.69) is 24.4 Å². The van der Waals surface area contributed by atoms with Gasteiger partial charge < -0.3 is 10.4 Å². The van der Waals surface area contributed by atoms with E-state index in [1.165, 1.54) is 5.56 Å². The van der Waals surface area contributed by atoms with Crippen molar-refractivity contribution in [3.63, 3.8) is 0 Å². The smallest absolute Gasteiger partial charge is 0.303 e. The SMILES string of the molecule is CCc1ccc(NCC(C)(C)CC(=O)O)cc1. The van der Waals surface area contributed by atoms with Gasteiger partial charge in [-0.15, -0.1) is 0 Å². The third-order valence-corrected chi connectivity index (χ3v) is 2.76. The lowest BCUT2D eigenvalue weighted by molar-refractivity contribution is -0.139. The van der Waals surface area contributed by atoms with Gasteiger partial charge >= 0.3 is 5.97 Å². The van der Waals surface area contributed by atoms with Crippen LogP contribution in [0.5, 0.6) is 0 Å². The van der Waals surface area contributed by atoms with Crippen LogP contribution in [0.25, 0.3) is 0 Å². The van der Waals surface area contributed by atoms with Crippen molar-refractivity contribution >= 4 is 11.7 Å². The number of carboxylic acids is 1. The summed E-state index contributed by atoms with van der Waals surface area (Å²) < 4.78 is 0. The van der Waals surface area contributed by atoms with E-state index in [1.807, 2.05) is 26.0 Å². The van der Waals surface area contributed by atoms with Crippen molar-refractivity contribution < 1.29 is 9.90 Å². The van der Waals surface area contributed by atoms with Gasteiger partial charge in [-0.1, -0.05) is 32.9 Å². The van der Waals surface area contributed by atoms with Crippen molar-refractivity contribution in [2.24, 2.45) is 5.41 Å². The van der Waals surface area contributed by atoms with E-state index in [0.29, 0.717) is 6.54 Å². The van der Waals surface area contributed by atoms with Crippen molar-refractivity contribution in [1.29, 1.82) is 0 Å². The molecule has 0 fully saturated rings. The molecule has 1 aromatic rings. The number of hydrogen-bond donors (Lipinski definition) is 2. The zero-order chi connectivity index (χ0) is 12.9. The molecule has 0 aliphatic carbocycles. The minimum absolute atomic E-state index is 0.174. The van der Waals surface area contributed by atoms with Crippen LogP contribution in [0.2, 0.25) is 0 Å². The molecule has 0 saturated heterocycles. The van der Waals surface area contributed by atoms with Gasteiger partial charge in [0.1, 0.15) is 0 Å². The Labute approximate surface area is 103 Å². The van der Waals surface area contributed by atoms with E-state index in [0.717, 1.165) is 12.1 Å². The molecule has 1 rings (SSSR count). The highest BCUT2D eigenvalue weighted by Crippen LogP contribution is 2.21. The van der Waals surface area contributed by atoms with Gasteiger partial charge in [-0.2, -0.15) is 0 Å². The summed E-state index contributed by atoms with van der Waals surface area (Å²) in [5.41, 5.74) is 2.11. The van der Waals surface area contributed by atoms with Crippen LogP contribution < -0.4 is 5.32 Å². The lowest BCUT2D eigenvalue weighted by Crippen LogP contribution is -2.26. The summed E-state index contributed by atoms with van der Waals surface area (Å²) in [4.78, 5) is 10.7. The summed E-state index contributed by atoms with van der Waals surface area (Å²) in [6.07, 6.45) is 1.21. The van der Waals surface area contributed by atoms with Gasteiger partial charge in [0.05, 0.1) is 6.42 Å². The van der Waals surface area contributed by atoms with Crippen LogP contribution in [0.15, 0.2) is 24.3 Å². The Balaban J connectivity index is 2.51. The Morgan fingerprint density at radius 1 is 1.29 bits per heavy atom. The molecule has 0 unspecified atom stereocenters. The number of nitrogens with one attached hydrogen (secondary N) is 1. The highest BCUT2D eigenvalue weighted by atomic mass is 16.4. The minimum Gasteiger partial charge on any atom is -0.481 e. The van der Waals surface area contributed by atoms with Crippen molar-refractivity contribution in [1.82, 2.24) is 0 Å². The molecule has 94 valence electrons. The number of benzene rings is 1. The Hall–Kier alpha value is -1.51. The fourth-order valence-corrected chi connectivity index (χ4v) is 1.67. The Morgan fingerprint density at radius 3 is 2.35 bits per heavy atom. The zero-order valence-electron chi connectivity index (χ0n) is 10.8. The Bertz CT molecular complexity index is 368. The first kappa shape index (κ1) is 13.6. The standard InChI is InChI=1S/C14H21NO2/c1-4-11-5-7-12(8-6-11)15-10-14(2,3)9-13(16)17/h5-8,15H,4,9-10H2,1-3H3,(H,16,17). The van der Waals surface area contributed by atoms with Crippen molar-refractivity contribution in [3.05, 3.63) is 29.8 Å². The predicted octanol–water partition coefficient (Wildman–Crippen LogP) is 3.16. The second-order valence-corrected chi connectivity index (χ2v) is 5.14. The lowest BCUT2D eigenvalue weighted by Gasteiger charge is -2.23. The molecule has 3 heteroatoms. The number of anilines is 1. The molecule has 0 spiro atoms. The predicted molar refractivity (Wildman–Crippen MR) is 70.3 cm³/mol. The van der Waals surface area contributed by atoms with Gasteiger partial charge in [-0.25, -0.2) is 0 Å². The van der Waals surface area contributed by atoms with Crippen molar-refractivity contribution in [3.8, 4) is 0 Å². The maximum absolute atomic E-state index is 10.7. The number of aliphatic carboxylic acids is 1. The molecule has 0 bridgehead atoms. The van der Waals surface area contributed by atoms with Crippen LogP contribution in [0.3, 0.4) is 0 Å². The molecule has 2 N–H and O–H groups in total. The molecule has 0 aromatic heterocycles. The van der Waals surface area contributed by atoms with E-state index in [1.54, 1.807) is 0 Å². The average molecular weight is 235 g/mol.